The van der Waals surface area contributed by atoms with Gasteiger partial charge in [-0.1, -0.05) is 32.1 Å². The quantitative estimate of drug-likeness (QED) is 0.640. The van der Waals surface area contributed by atoms with Crippen molar-refractivity contribution in [3.05, 3.63) is 23.8 Å². The number of carbonyl (C=O) groups is 3. The van der Waals surface area contributed by atoms with E-state index in [0.717, 1.165) is 51.4 Å². The van der Waals surface area contributed by atoms with E-state index in [1.807, 2.05) is 0 Å². The smallest absolute Gasteiger partial charge is 0.257 e. The Morgan fingerprint density at radius 1 is 1.00 bits per heavy atom. The molecular weight excluding hydrogens is 458 g/mol. The molecule has 1 aromatic rings. The second-order valence-electron chi connectivity index (χ2n) is 11.0. The van der Waals surface area contributed by atoms with Crippen LogP contribution >= 0.6 is 0 Å². The van der Waals surface area contributed by atoms with Gasteiger partial charge < -0.3 is 25.0 Å². The first kappa shape index (κ1) is 25.1. The van der Waals surface area contributed by atoms with E-state index in [2.05, 4.69) is 10.6 Å². The monoisotopic (exact) mass is 497 g/mol. The number of anilines is 1. The van der Waals surface area contributed by atoms with Crippen molar-refractivity contribution in [3.63, 3.8) is 0 Å². The van der Waals surface area contributed by atoms with Gasteiger partial charge in [-0.15, -0.1) is 0 Å². The highest BCUT2D eigenvalue weighted by molar-refractivity contribution is 6.00. The third-order valence-electron chi connectivity index (χ3n) is 8.39. The van der Waals surface area contributed by atoms with Crippen molar-refractivity contribution in [2.75, 3.05) is 19.0 Å². The van der Waals surface area contributed by atoms with Crippen molar-refractivity contribution < 1.29 is 23.9 Å². The van der Waals surface area contributed by atoms with Gasteiger partial charge in [0.1, 0.15) is 18.5 Å². The number of benzene rings is 1. The average Bonchev–Trinajstić information content (AvgIpc) is 3.40. The molecule has 1 aromatic carbocycles. The normalized spacial score (nSPS) is 27.3. The number of fused-ring (bicyclic) bond motifs is 2. The molecule has 0 bridgehead atoms. The summed E-state index contributed by atoms with van der Waals surface area (Å²) in [7, 11) is 1.80. The number of amides is 3. The zero-order valence-electron chi connectivity index (χ0n) is 21.3. The van der Waals surface area contributed by atoms with Crippen molar-refractivity contribution in [1.29, 1.82) is 0 Å². The highest BCUT2D eigenvalue weighted by atomic mass is 16.5. The summed E-state index contributed by atoms with van der Waals surface area (Å²) in [6, 6.07) is 5.46. The molecule has 0 spiro atoms. The van der Waals surface area contributed by atoms with E-state index >= 15 is 0 Å². The van der Waals surface area contributed by atoms with Crippen LogP contribution in [0.1, 0.15) is 87.4 Å². The summed E-state index contributed by atoms with van der Waals surface area (Å²) in [5, 5.41) is 6.16. The van der Waals surface area contributed by atoms with Gasteiger partial charge in [0.2, 0.25) is 11.8 Å². The van der Waals surface area contributed by atoms with Gasteiger partial charge in [-0.05, 0) is 56.7 Å². The van der Waals surface area contributed by atoms with E-state index in [9.17, 15) is 14.4 Å². The summed E-state index contributed by atoms with van der Waals surface area (Å²) in [4.78, 5) is 40.4. The van der Waals surface area contributed by atoms with E-state index in [-0.39, 0.29) is 41.9 Å². The van der Waals surface area contributed by atoms with Gasteiger partial charge in [0.15, 0.2) is 0 Å². The van der Waals surface area contributed by atoms with Crippen LogP contribution in [0.25, 0.3) is 0 Å². The standard InChI is InChI=1S/C28H39N3O5/c1-31-23-13-12-21(16-26(32)29-19-9-5-6-10-19)36-25(23)17-35-24-14-11-20(15-22(24)28(31)34)30-27(33)18-7-3-2-4-8-18/h11,14-15,18-19,21,23,25H,2-10,12-13,16-17H2,1H3,(H,29,32)(H,30,33)/t21-,23-,25-/m0/s1. The van der Waals surface area contributed by atoms with Crippen LogP contribution in [0.4, 0.5) is 5.69 Å². The van der Waals surface area contributed by atoms with Crippen LogP contribution in [0.5, 0.6) is 5.75 Å². The van der Waals surface area contributed by atoms with Crippen LogP contribution in [0.2, 0.25) is 0 Å². The number of likely N-dealkylation sites (N-methyl/N-ethyl adjacent to an activating group) is 1. The van der Waals surface area contributed by atoms with Crippen LogP contribution in [0.15, 0.2) is 18.2 Å². The number of ether oxygens (including phenoxy) is 2. The summed E-state index contributed by atoms with van der Waals surface area (Å²) < 4.78 is 12.4. The molecule has 0 unspecified atom stereocenters. The van der Waals surface area contributed by atoms with Gasteiger partial charge in [-0.2, -0.15) is 0 Å². The summed E-state index contributed by atoms with van der Waals surface area (Å²) in [5.41, 5.74) is 1.08. The lowest BCUT2D eigenvalue weighted by Gasteiger charge is -2.42. The Hall–Kier alpha value is -2.61. The molecule has 196 valence electrons. The molecule has 0 radical (unpaired) electrons. The minimum atomic E-state index is -0.296. The van der Waals surface area contributed by atoms with Gasteiger partial charge >= 0.3 is 0 Å². The molecule has 2 saturated carbocycles. The minimum Gasteiger partial charge on any atom is -0.490 e. The molecule has 3 atom stereocenters. The number of carbonyl (C=O) groups excluding carboxylic acids is 3. The fourth-order valence-electron chi connectivity index (χ4n) is 6.28. The number of nitrogens with one attached hydrogen (secondary N) is 2. The third kappa shape index (κ3) is 5.69. The molecule has 3 fully saturated rings. The third-order valence-corrected chi connectivity index (χ3v) is 8.39. The van der Waals surface area contributed by atoms with E-state index in [0.29, 0.717) is 36.1 Å². The number of nitrogens with zero attached hydrogens (tertiary/aromatic N) is 1. The van der Waals surface area contributed by atoms with Gasteiger partial charge in [0.05, 0.1) is 24.1 Å². The molecule has 3 amide bonds. The molecule has 0 aromatic heterocycles. The molecule has 36 heavy (non-hydrogen) atoms. The summed E-state index contributed by atoms with van der Waals surface area (Å²) in [6.45, 7) is 0.309. The Bertz CT molecular complexity index is 970. The van der Waals surface area contributed by atoms with Crippen LogP contribution in [-0.2, 0) is 14.3 Å². The first-order valence-corrected chi connectivity index (χ1v) is 13.8. The Morgan fingerprint density at radius 2 is 1.75 bits per heavy atom. The van der Waals surface area contributed by atoms with Crippen molar-refractivity contribution in [1.82, 2.24) is 10.2 Å². The maximum absolute atomic E-state index is 13.5. The van der Waals surface area contributed by atoms with Crippen molar-refractivity contribution in [3.8, 4) is 5.75 Å². The molecule has 2 heterocycles. The van der Waals surface area contributed by atoms with E-state index in [1.165, 1.54) is 19.3 Å². The zero-order valence-corrected chi connectivity index (χ0v) is 21.3. The van der Waals surface area contributed by atoms with Crippen LogP contribution in [0.3, 0.4) is 0 Å². The fraction of sp³-hybridized carbons (Fsp3) is 0.679. The Balaban J connectivity index is 1.22. The summed E-state index contributed by atoms with van der Waals surface area (Å²) in [6.07, 6.45) is 11.1. The number of rotatable bonds is 5. The molecule has 1 saturated heterocycles. The van der Waals surface area contributed by atoms with Crippen LogP contribution < -0.4 is 15.4 Å². The van der Waals surface area contributed by atoms with Crippen LogP contribution in [0, 0.1) is 5.92 Å². The van der Waals surface area contributed by atoms with E-state index < -0.39 is 0 Å². The molecule has 2 aliphatic carbocycles. The Morgan fingerprint density at radius 3 is 2.53 bits per heavy atom. The number of hydrogen-bond acceptors (Lipinski definition) is 5. The molecule has 2 aliphatic heterocycles. The fourth-order valence-corrected chi connectivity index (χ4v) is 6.28. The maximum atomic E-state index is 13.5. The minimum absolute atomic E-state index is 0.0333. The number of hydrogen-bond donors (Lipinski definition) is 2. The first-order chi connectivity index (χ1) is 17.5. The van der Waals surface area contributed by atoms with E-state index in [4.69, 9.17) is 9.47 Å². The largest absolute Gasteiger partial charge is 0.490 e. The summed E-state index contributed by atoms with van der Waals surface area (Å²) >= 11 is 0. The van der Waals surface area contributed by atoms with Gasteiger partial charge in [-0.3, -0.25) is 14.4 Å². The second-order valence-corrected chi connectivity index (χ2v) is 11.0. The topological polar surface area (TPSA) is 97.0 Å². The maximum Gasteiger partial charge on any atom is 0.257 e. The molecule has 5 rings (SSSR count). The average molecular weight is 498 g/mol. The van der Waals surface area contributed by atoms with Crippen molar-refractivity contribution in [2.45, 2.75) is 101 Å². The second kappa shape index (κ2) is 11.2. The lowest BCUT2D eigenvalue weighted by atomic mass is 9.88. The molecular formula is C28H39N3O5. The lowest BCUT2D eigenvalue weighted by molar-refractivity contribution is -0.134. The first-order valence-electron chi connectivity index (χ1n) is 13.8. The van der Waals surface area contributed by atoms with Crippen molar-refractivity contribution in [2.24, 2.45) is 5.92 Å². The zero-order chi connectivity index (χ0) is 25.1. The van der Waals surface area contributed by atoms with Crippen molar-refractivity contribution >= 4 is 23.4 Å². The summed E-state index contributed by atoms with van der Waals surface area (Å²) in [5.74, 6) is 0.476. The predicted octanol–water partition coefficient (Wildman–Crippen LogP) is 4.03. The molecule has 8 nitrogen and oxygen atoms in total. The lowest BCUT2D eigenvalue weighted by Crippen LogP contribution is -2.54. The Labute approximate surface area is 213 Å². The van der Waals surface area contributed by atoms with Crippen LogP contribution in [-0.4, -0.2) is 60.6 Å². The molecule has 4 aliphatic rings. The highest BCUT2D eigenvalue weighted by Crippen LogP contribution is 2.33. The Kier molecular flexibility index (Phi) is 7.79. The van der Waals surface area contributed by atoms with Gasteiger partial charge in [0.25, 0.3) is 5.91 Å². The van der Waals surface area contributed by atoms with Gasteiger partial charge in [0, 0.05) is 24.7 Å². The predicted molar refractivity (Wildman–Crippen MR) is 136 cm³/mol. The molecule has 2 N–H and O–H groups in total. The molecule has 8 heteroatoms. The SMILES string of the molecule is CN1C(=O)c2cc(NC(=O)C3CCCCC3)ccc2OC[C@@H]2O[C@H](CC(=O)NC3CCCC3)CC[C@@H]21. The van der Waals surface area contributed by atoms with E-state index in [1.54, 1.807) is 30.1 Å². The highest BCUT2D eigenvalue weighted by Gasteiger charge is 2.39. The van der Waals surface area contributed by atoms with Gasteiger partial charge in [-0.25, -0.2) is 0 Å².